The van der Waals surface area contributed by atoms with Crippen LogP contribution in [-0.4, -0.2) is 6.54 Å². The third-order valence-electron chi connectivity index (χ3n) is 3.18. The summed E-state index contributed by atoms with van der Waals surface area (Å²) in [7, 11) is 0. The Hall–Kier alpha value is -1.04. The normalized spacial score (nSPS) is 13.4. The zero-order valence-electron chi connectivity index (χ0n) is 11.4. The fraction of sp³-hybridized carbons (Fsp3) is 0.333. The van der Waals surface area contributed by atoms with Gasteiger partial charge >= 0.3 is 6.18 Å². The molecular weight excluding hydrogens is 319 g/mol. The van der Waals surface area contributed by atoms with Crippen LogP contribution in [0.4, 0.5) is 13.2 Å². The molecule has 114 valence electrons. The van der Waals surface area contributed by atoms with Gasteiger partial charge in [0.25, 0.3) is 0 Å². The predicted octanol–water partition coefficient (Wildman–Crippen LogP) is 5.31. The van der Waals surface area contributed by atoms with Gasteiger partial charge in [-0.15, -0.1) is 11.3 Å². The van der Waals surface area contributed by atoms with Gasteiger partial charge in [-0.2, -0.15) is 13.2 Å². The van der Waals surface area contributed by atoms with Gasteiger partial charge in [-0.1, -0.05) is 29.8 Å². The number of nitrogens with one attached hydrogen (secondary N) is 1. The van der Waals surface area contributed by atoms with Gasteiger partial charge in [-0.3, -0.25) is 0 Å². The first-order valence-corrected chi connectivity index (χ1v) is 7.71. The van der Waals surface area contributed by atoms with Crippen molar-refractivity contribution in [1.29, 1.82) is 0 Å². The minimum absolute atomic E-state index is 0.272. The van der Waals surface area contributed by atoms with Gasteiger partial charge in [-0.25, -0.2) is 0 Å². The molecule has 2 aromatic rings. The van der Waals surface area contributed by atoms with E-state index in [1.807, 2.05) is 12.1 Å². The molecule has 21 heavy (non-hydrogen) atoms. The maximum atomic E-state index is 13.0. The van der Waals surface area contributed by atoms with Gasteiger partial charge in [0, 0.05) is 17.5 Å². The first-order chi connectivity index (χ1) is 9.88. The predicted molar refractivity (Wildman–Crippen MR) is 80.9 cm³/mol. The maximum absolute atomic E-state index is 13.0. The van der Waals surface area contributed by atoms with Crippen LogP contribution in [0.25, 0.3) is 0 Å². The van der Waals surface area contributed by atoms with E-state index in [1.54, 1.807) is 13.0 Å². The third kappa shape index (κ3) is 4.46. The largest absolute Gasteiger partial charge is 0.416 e. The second kappa shape index (κ2) is 6.81. The zero-order chi connectivity index (χ0) is 15.5. The summed E-state index contributed by atoms with van der Waals surface area (Å²) in [5.74, 6) is 0. The van der Waals surface area contributed by atoms with E-state index >= 15 is 0 Å². The minimum atomic E-state index is -4.33. The lowest BCUT2D eigenvalue weighted by Crippen LogP contribution is -2.23. The lowest BCUT2D eigenvalue weighted by Gasteiger charge is -2.19. The molecule has 1 aromatic carbocycles. The molecule has 0 amide bonds. The topological polar surface area (TPSA) is 12.0 Å². The Bertz CT molecular complexity index is 595. The SMILES string of the molecule is CC(NCCc1ccc(Cl)s1)c1ccccc1C(F)(F)F. The van der Waals surface area contributed by atoms with Crippen molar-refractivity contribution in [2.24, 2.45) is 0 Å². The summed E-state index contributed by atoms with van der Waals surface area (Å²) < 4.78 is 39.6. The van der Waals surface area contributed by atoms with Crippen molar-refractivity contribution in [3.05, 3.63) is 56.7 Å². The van der Waals surface area contributed by atoms with E-state index in [1.165, 1.54) is 23.5 Å². The minimum Gasteiger partial charge on any atom is -0.310 e. The van der Waals surface area contributed by atoms with Gasteiger partial charge < -0.3 is 5.32 Å². The Morgan fingerprint density at radius 2 is 1.90 bits per heavy atom. The summed E-state index contributed by atoms with van der Waals surface area (Å²) in [6.45, 7) is 2.34. The third-order valence-corrected chi connectivity index (χ3v) is 4.47. The Morgan fingerprint density at radius 1 is 1.19 bits per heavy atom. The van der Waals surface area contributed by atoms with Crippen molar-refractivity contribution < 1.29 is 13.2 Å². The molecule has 1 N–H and O–H groups in total. The van der Waals surface area contributed by atoms with Crippen molar-refractivity contribution in [1.82, 2.24) is 5.32 Å². The van der Waals surface area contributed by atoms with Gasteiger partial charge in [0.2, 0.25) is 0 Å². The van der Waals surface area contributed by atoms with Crippen molar-refractivity contribution in [2.45, 2.75) is 25.6 Å². The fourth-order valence-electron chi connectivity index (χ4n) is 2.14. The van der Waals surface area contributed by atoms with Crippen LogP contribution in [0.3, 0.4) is 0 Å². The lowest BCUT2D eigenvalue weighted by molar-refractivity contribution is -0.138. The number of hydrogen-bond acceptors (Lipinski definition) is 2. The van der Waals surface area contributed by atoms with E-state index in [4.69, 9.17) is 11.6 Å². The van der Waals surface area contributed by atoms with Crippen molar-refractivity contribution >= 4 is 22.9 Å². The van der Waals surface area contributed by atoms with Crippen LogP contribution < -0.4 is 5.32 Å². The average molecular weight is 334 g/mol. The molecule has 0 radical (unpaired) electrons. The summed E-state index contributed by atoms with van der Waals surface area (Å²) in [5.41, 5.74) is -0.307. The molecule has 1 nitrogen and oxygen atoms in total. The number of rotatable bonds is 5. The Kier molecular flexibility index (Phi) is 5.30. The van der Waals surface area contributed by atoms with E-state index in [0.29, 0.717) is 6.54 Å². The van der Waals surface area contributed by atoms with Crippen LogP contribution in [0.15, 0.2) is 36.4 Å². The summed E-state index contributed by atoms with van der Waals surface area (Å²) in [6.07, 6.45) is -3.58. The van der Waals surface area contributed by atoms with E-state index in [0.717, 1.165) is 21.7 Å². The molecule has 6 heteroatoms. The van der Waals surface area contributed by atoms with Crippen LogP contribution in [0.2, 0.25) is 4.34 Å². The molecule has 0 aliphatic carbocycles. The van der Waals surface area contributed by atoms with Gasteiger partial charge in [0.1, 0.15) is 0 Å². The van der Waals surface area contributed by atoms with Crippen LogP contribution in [0.5, 0.6) is 0 Å². The summed E-state index contributed by atoms with van der Waals surface area (Å²) in [4.78, 5) is 1.11. The van der Waals surface area contributed by atoms with Crippen molar-refractivity contribution in [2.75, 3.05) is 6.54 Å². The molecule has 1 heterocycles. The second-order valence-corrected chi connectivity index (χ2v) is 6.52. The number of hydrogen-bond donors (Lipinski definition) is 1. The number of halogens is 4. The first kappa shape index (κ1) is 16.3. The molecule has 0 saturated carbocycles. The van der Waals surface area contributed by atoms with Gasteiger partial charge in [0.15, 0.2) is 0 Å². The van der Waals surface area contributed by atoms with Crippen LogP contribution in [0.1, 0.15) is 29.0 Å². The smallest absolute Gasteiger partial charge is 0.310 e. The van der Waals surface area contributed by atoms with E-state index in [-0.39, 0.29) is 11.6 Å². The monoisotopic (exact) mass is 333 g/mol. The molecule has 1 atom stereocenters. The highest BCUT2D eigenvalue weighted by atomic mass is 35.5. The standard InChI is InChI=1S/C15H15ClF3NS/c1-10(20-9-8-11-6-7-14(16)21-11)12-4-2-3-5-13(12)15(17,18)19/h2-7,10,20H,8-9H2,1H3. The molecule has 0 spiro atoms. The van der Waals surface area contributed by atoms with Gasteiger partial charge in [-0.05, 0) is 37.1 Å². The highest BCUT2D eigenvalue weighted by Crippen LogP contribution is 2.34. The summed E-state index contributed by atoms with van der Waals surface area (Å²) in [5, 5.41) is 3.13. The van der Waals surface area contributed by atoms with E-state index < -0.39 is 11.7 Å². The molecule has 0 aliphatic rings. The number of alkyl halides is 3. The van der Waals surface area contributed by atoms with E-state index in [9.17, 15) is 13.2 Å². The first-order valence-electron chi connectivity index (χ1n) is 6.51. The second-order valence-electron chi connectivity index (χ2n) is 4.72. The highest BCUT2D eigenvalue weighted by molar-refractivity contribution is 7.16. The molecule has 0 aliphatic heterocycles. The Labute approximate surface area is 130 Å². The van der Waals surface area contributed by atoms with Gasteiger partial charge in [0.05, 0.1) is 9.90 Å². The molecule has 0 saturated heterocycles. The maximum Gasteiger partial charge on any atom is 0.416 e. The lowest BCUT2D eigenvalue weighted by atomic mass is 10.0. The van der Waals surface area contributed by atoms with Crippen LogP contribution >= 0.6 is 22.9 Å². The molecular formula is C15H15ClF3NS. The number of thiophene rings is 1. The average Bonchev–Trinajstić information content (AvgIpc) is 2.83. The van der Waals surface area contributed by atoms with Crippen molar-refractivity contribution in [3.8, 4) is 0 Å². The molecule has 1 aromatic heterocycles. The Morgan fingerprint density at radius 3 is 2.52 bits per heavy atom. The molecule has 1 unspecified atom stereocenters. The highest BCUT2D eigenvalue weighted by Gasteiger charge is 2.33. The number of benzene rings is 1. The fourth-order valence-corrected chi connectivity index (χ4v) is 3.23. The quantitative estimate of drug-likeness (QED) is 0.781. The summed E-state index contributed by atoms with van der Waals surface area (Å²) >= 11 is 7.33. The Balaban J connectivity index is 1.99. The zero-order valence-corrected chi connectivity index (χ0v) is 12.9. The molecule has 0 fully saturated rings. The van der Waals surface area contributed by atoms with E-state index in [2.05, 4.69) is 5.32 Å². The van der Waals surface area contributed by atoms with Crippen LogP contribution in [0, 0.1) is 0 Å². The molecule has 0 bridgehead atoms. The molecule has 2 rings (SSSR count). The summed E-state index contributed by atoms with van der Waals surface area (Å²) in [6, 6.07) is 9.06. The van der Waals surface area contributed by atoms with Crippen molar-refractivity contribution in [3.63, 3.8) is 0 Å². The van der Waals surface area contributed by atoms with Crippen LogP contribution in [-0.2, 0) is 12.6 Å².